The molecule has 108 valence electrons. The minimum atomic E-state index is -0.123. The number of para-hydroxylation sites is 2. The maximum Gasteiger partial charge on any atom is 0.234 e. The quantitative estimate of drug-likeness (QED) is 0.792. The van der Waals surface area contributed by atoms with Crippen LogP contribution in [0.15, 0.2) is 24.3 Å². The molecule has 0 spiro atoms. The van der Waals surface area contributed by atoms with Crippen LogP contribution in [0.3, 0.4) is 0 Å². The van der Waals surface area contributed by atoms with Gasteiger partial charge in [0.2, 0.25) is 5.91 Å². The molecule has 5 nitrogen and oxygen atoms in total. The Kier molecular flexibility index (Phi) is 8.74. The van der Waals surface area contributed by atoms with Crippen molar-refractivity contribution in [3.63, 3.8) is 0 Å². The molecule has 0 bridgehead atoms. The maximum atomic E-state index is 11.3. The first-order chi connectivity index (χ1) is 8.67. The zero-order valence-electron chi connectivity index (χ0n) is 11.4. The summed E-state index contributed by atoms with van der Waals surface area (Å²) in [6, 6.07) is 7.43. The van der Waals surface area contributed by atoms with Crippen molar-refractivity contribution in [3.05, 3.63) is 24.3 Å². The Hall–Kier alpha value is -1.46. The fourth-order valence-corrected chi connectivity index (χ4v) is 1.46. The van der Waals surface area contributed by atoms with E-state index < -0.39 is 0 Å². The molecule has 1 aromatic carbocycles. The number of amides is 1. The fourth-order valence-electron chi connectivity index (χ4n) is 1.46. The van der Waals surface area contributed by atoms with Crippen molar-refractivity contribution in [1.82, 2.24) is 10.6 Å². The number of carbonyl (C=O) groups excluding carboxylic acids is 1. The van der Waals surface area contributed by atoms with Gasteiger partial charge in [0.15, 0.2) is 11.5 Å². The Morgan fingerprint density at radius 3 is 2.53 bits per heavy atom. The number of ether oxygens (including phenoxy) is 2. The van der Waals surface area contributed by atoms with Crippen molar-refractivity contribution in [2.75, 3.05) is 27.2 Å². The number of carbonyl (C=O) groups is 1. The van der Waals surface area contributed by atoms with E-state index in [1.54, 1.807) is 14.2 Å². The van der Waals surface area contributed by atoms with Crippen molar-refractivity contribution in [3.8, 4) is 11.5 Å². The topological polar surface area (TPSA) is 59.6 Å². The normalized spacial score (nSPS) is 11.1. The third kappa shape index (κ3) is 6.31. The van der Waals surface area contributed by atoms with E-state index in [1.165, 1.54) is 0 Å². The van der Waals surface area contributed by atoms with E-state index in [0.717, 1.165) is 0 Å². The minimum absolute atomic E-state index is 0. The minimum Gasteiger partial charge on any atom is -0.493 e. The first kappa shape index (κ1) is 17.5. The van der Waals surface area contributed by atoms with Crippen molar-refractivity contribution in [2.24, 2.45) is 0 Å². The van der Waals surface area contributed by atoms with Gasteiger partial charge in [0.05, 0.1) is 20.2 Å². The smallest absolute Gasteiger partial charge is 0.234 e. The highest BCUT2D eigenvalue weighted by atomic mass is 35.5. The standard InChI is InChI=1S/C13H20N2O3.ClH/c1-10(8-15-13(16)9-14-2)18-12-7-5-4-6-11(12)17-3;/h4-7,10,14H,8-9H2,1-3H3,(H,15,16);1H. The largest absolute Gasteiger partial charge is 0.493 e. The molecule has 0 aromatic heterocycles. The third-order valence-corrected chi connectivity index (χ3v) is 2.32. The summed E-state index contributed by atoms with van der Waals surface area (Å²) in [5.41, 5.74) is 0. The lowest BCUT2D eigenvalue weighted by Gasteiger charge is -2.17. The van der Waals surface area contributed by atoms with Crippen LogP contribution in [0.2, 0.25) is 0 Å². The Morgan fingerprint density at radius 2 is 1.95 bits per heavy atom. The Labute approximate surface area is 120 Å². The molecular weight excluding hydrogens is 268 g/mol. The van der Waals surface area contributed by atoms with Gasteiger partial charge in [-0.3, -0.25) is 4.79 Å². The summed E-state index contributed by atoms with van der Waals surface area (Å²) in [6.45, 7) is 2.66. The molecule has 0 aliphatic carbocycles. The van der Waals surface area contributed by atoms with Gasteiger partial charge in [-0.25, -0.2) is 0 Å². The lowest BCUT2D eigenvalue weighted by atomic mass is 10.3. The molecule has 1 aromatic rings. The first-order valence-electron chi connectivity index (χ1n) is 5.88. The molecule has 6 heteroatoms. The molecule has 1 atom stereocenters. The maximum absolute atomic E-state index is 11.3. The third-order valence-electron chi connectivity index (χ3n) is 2.32. The van der Waals surface area contributed by atoms with Gasteiger partial charge in [-0.15, -0.1) is 12.4 Å². The Bertz CT molecular complexity index is 388. The summed E-state index contributed by atoms with van der Waals surface area (Å²) < 4.78 is 10.9. The molecule has 0 saturated carbocycles. The molecule has 0 heterocycles. The van der Waals surface area contributed by atoms with Crippen LogP contribution in [0.1, 0.15) is 6.92 Å². The van der Waals surface area contributed by atoms with Gasteiger partial charge >= 0.3 is 0 Å². The number of benzene rings is 1. The lowest BCUT2D eigenvalue weighted by molar-refractivity contribution is -0.120. The molecule has 2 N–H and O–H groups in total. The second-order valence-corrected chi connectivity index (χ2v) is 3.91. The average molecular weight is 289 g/mol. The van der Waals surface area contributed by atoms with Crippen molar-refractivity contribution >= 4 is 18.3 Å². The van der Waals surface area contributed by atoms with Crippen LogP contribution in [-0.4, -0.2) is 39.3 Å². The summed E-state index contributed by atoms with van der Waals surface area (Å²) in [7, 11) is 3.33. The van der Waals surface area contributed by atoms with E-state index in [1.807, 2.05) is 31.2 Å². The summed E-state index contributed by atoms with van der Waals surface area (Å²) in [5.74, 6) is 1.31. The van der Waals surface area contributed by atoms with E-state index in [-0.39, 0.29) is 24.4 Å². The summed E-state index contributed by atoms with van der Waals surface area (Å²) >= 11 is 0. The molecule has 19 heavy (non-hydrogen) atoms. The van der Waals surface area contributed by atoms with Crippen LogP contribution in [0, 0.1) is 0 Å². The van der Waals surface area contributed by atoms with E-state index in [2.05, 4.69) is 10.6 Å². The second kappa shape index (κ2) is 9.47. The fraction of sp³-hybridized carbons (Fsp3) is 0.462. The van der Waals surface area contributed by atoms with Crippen molar-refractivity contribution in [2.45, 2.75) is 13.0 Å². The van der Waals surface area contributed by atoms with Gasteiger partial charge < -0.3 is 20.1 Å². The zero-order valence-corrected chi connectivity index (χ0v) is 12.3. The summed E-state index contributed by atoms with van der Waals surface area (Å²) in [5, 5.41) is 5.56. The summed E-state index contributed by atoms with van der Waals surface area (Å²) in [4.78, 5) is 11.3. The van der Waals surface area contributed by atoms with Gasteiger partial charge in [-0.1, -0.05) is 12.1 Å². The van der Waals surface area contributed by atoms with E-state index >= 15 is 0 Å². The van der Waals surface area contributed by atoms with Gasteiger partial charge in [0.1, 0.15) is 6.10 Å². The number of halogens is 1. The van der Waals surface area contributed by atoms with Crippen LogP contribution >= 0.6 is 12.4 Å². The molecule has 0 aliphatic heterocycles. The Morgan fingerprint density at radius 1 is 1.32 bits per heavy atom. The predicted molar refractivity (Wildman–Crippen MR) is 77.3 cm³/mol. The molecule has 0 saturated heterocycles. The average Bonchev–Trinajstić information content (AvgIpc) is 2.37. The van der Waals surface area contributed by atoms with Gasteiger partial charge in [-0.05, 0) is 26.1 Å². The van der Waals surface area contributed by atoms with Crippen molar-refractivity contribution in [1.29, 1.82) is 0 Å². The van der Waals surface area contributed by atoms with E-state index in [0.29, 0.717) is 24.6 Å². The highest BCUT2D eigenvalue weighted by Crippen LogP contribution is 2.26. The molecular formula is C13H21ClN2O3. The second-order valence-electron chi connectivity index (χ2n) is 3.91. The molecule has 1 amide bonds. The zero-order chi connectivity index (χ0) is 13.4. The van der Waals surface area contributed by atoms with Crippen molar-refractivity contribution < 1.29 is 14.3 Å². The highest BCUT2D eigenvalue weighted by Gasteiger charge is 2.09. The number of rotatable bonds is 7. The van der Waals surface area contributed by atoms with Gasteiger partial charge in [-0.2, -0.15) is 0 Å². The van der Waals surface area contributed by atoms with Crippen LogP contribution in [0.25, 0.3) is 0 Å². The van der Waals surface area contributed by atoms with Crippen LogP contribution < -0.4 is 20.1 Å². The number of methoxy groups -OCH3 is 1. The lowest BCUT2D eigenvalue weighted by Crippen LogP contribution is -2.38. The predicted octanol–water partition coefficient (Wildman–Crippen LogP) is 1.22. The molecule has 1 unspecified atom stereocenters. The number of likely N-dealkylation sites (N-methyl/N-ethyl adjacent to an activating group) is 1. The van der Waals surface area contributed by atoms with Crippen LogP contribution in [-0.2, 0) is 4.79 Å². The van der Waals surface area contributed by atoms with Gasteiger partial charge in [0, 0.05) is 0 Å². The number of hydrogen-bond acceptors (Lipinski definition) is 4. The molecule has 0 aliphatic rings. The monoisotopic (exact) mass is 288 g/mol. The SMILES string of the molecule is CNCC(=O)NCC(C)Oc1ccccc1OC.Cl. The summed E-state index contributed by atoms with van der Waals surface area (Å²) in [6.07, 6.45) is -0.123. The number of hydrogen-bond donors (Lipinski definition) is 2. The highest BCUT2D eigenvalue weighted by molar-refractivity contribution is 5.85. The first-order valence-corrected chi connectivity index (χ1v) is 5.88. The molecule has 0 radical (unpaired) electrons. The van der Waals surface area contributed by atoms with Crippen LogP contribution in [0.5, 0.6) is 11.5 Å². The van der Waals surface area contributed by atoms with E-state index in [9.17, 15) is 4.79 Å². The Balaban J connectivity index is 0.00000324. The molecule has 1 rings (SSSR count). The number of nitrogens with one attached hydrogen (secondary N) is 2. The van der Waals surface area contributed by atoms with Crippen LogP contribution in [0.4, 0.5) is 0 Å². The molecule has 0 fully saturated rings. The van der Waals surface area contributed by atoms with E-state index in [4.69, 9.17) is 9.47 Å². The van der Waals surface area contributed by atoms with Gasteiger partial charge in [0.25, 0.3) is 0 Å².